The van der Waals surface area contributed by atoms with Gasteiger partial charge >= 0.3 is 0 Å². The normalized spacial score (nSPS) is 10.8. The molecular weight excluding hydrogens is 213 g/mol. The second-order valence-electron chi connectivity index (χ2n) is 2.83. The molecule has 1 rings (SSSR count). The summed E-state index contributed by atoms with van der Waals surface area (Å²) >= 11 is 0.102. The minimum atomic E-state index is 0.102. The van der Waals surface area contributed by atoms with Crippen molar-refractivity contribution in [1.29, 1.82) is 0 Å². The second kappa shape index (κ2) is 5.50. The number of nitrogens with zero attached hydrogens (tertiary/aromatic N) is 2. The predicted octanol–water partition coefficient (Wildman–Crippen LogP) is 3.10. The first-order valence-corrected chi connectivity index (χ1v) is 5.16. The highest BCUT2D eigenvalue weighted by atomic mass is 32.2. The first-order valence-electron chi connectivity index (χ1n) is 4.45. The Kier molecular flexibility index (Phi) is 4.30. The van der Waals surface area contributed by atoms with Crippen molar-refractivity contribution in [3.63, 3.8) is 0 Å². The van der Waals surface area contributed by atoms with E-state index in [9.17, 15) is 3.89 Å². The van der Waals surface area contributed by atoms with E-state index in [-0.39, 0.29) is 18.0 Å². The van der Waals surface area contributed by atoms with Crippen molar-refractivity contribution >= 4 is 29.9 Å². The molecule has 0 aliphatic carbocycles. The molecule has 0 aliphatic heterocycles. The van der Waals surface area contributed by atoms with Crippen LogP contribution in [-0.4, -0.2) is 11.3 Å². The van der Waals surface area contributed by atoms with Crippen LogP contribution in [0.5, 0.6) is 0 Å². The van der Waals surface area contributed by atoms with Crippen molar-refractivity contribution in [2.45, 2.75) is 18.2 Å². The summed E-state index contributed by atoms with van der Waals surface area (Å²) in [6.45, 7) is 5.83. The number of allylic oxidation sites excluding steroid dienone is 1. The van der Waals surface area contributed by atoms with E-state index >= 15 is 0 Å². The van der Waals surface area contributed by atoms with E-state index in [4.69, 9.17) is 5.73 Å². The van der Waals surface area contributed by atoms with E-state index in [1.807, 2.05) is 6.92 Å². The molecule has 1 heterocycles. The van der Waals surface area contributed by atoms with Gasteiger partial charge in [0.2, 0.25) is 0 Å². The molecule has 0 saturated heterocycles. The van der Waals surface area contributed by atoms with Gasteiger partial charge in [-0.1, -0.05) is 13.5 Å². The van der Waals surface area contributed by atoms with Crippen LogP contribution in [0.2, 0.25) is 0 Å². The number of aliphatic imine (C=N–C) groups is 1. The lowest BCUT2D eigenvalue weighted by Crippen LogP contribution is -1.92. The number of aromatic nitrogens is 1. The smallest absolute Gasteiger partial charge is 0.170 e. The van der Waals surface area contributed by atoms with Gasteiger partial charge in [-0.3, -0.25) is 0 Å². The molecule has 1 aromatic rings. The Morgan fingerprint density at radius 2 is 2.47 bits per heavy atom. The molecule has 0 amide bonds. The van der Waals surface area contributed by atoms with Crippen LogP contribution in [0.1, 0.15) is 19.0 Å². The predicted molar refractivity (Wildman–Crippen MR) is 62.9 cm³/mol. The SMILES string of the molecule is C=C(CC)c1ccc(SF)c(/N=C/N)n1. The molecule has 2 N–H and O–H groups in total. The van der Waals surface area contributed by atoms with Crippen LogP contribution in [0.15, 0.2) is 28.6 Å². The fraction of sp³-hybridized carbons (Fsp3) is 0.200. The van der Waals surface area contributed by atoms with Gasteiger partial charge in [-0.15, -0.1) is 0 Å². The van der Waals surface area contributed by atoms with Gasteiger partial charge in [-0.25, -0.2) is 9.98 Å². The molecule has 0 unspecified atom stereocenters. The molecule has 0 fully saturated rings. The molecule has 3 nitrogen and oxygen atoms in total. The van der Waals surface area contributed by atoms with E-state index in [1.165, 1.54) is 0 Å². The summed E-state index contributed by atoms with van der Waals surface area (Å²) < 4.78 is 12.5. The number of hydrogen-bond acceptors (Lipinski definition) is 3. The van der Waals surface area contributed by atoms with Crippen LogP contribution in [-0.2, 0) is 0 Å². The van der Waals surface area contributed by atoms with E-state index < -0.39 is 0 Å². The molecule has 0 aliphatic rings. The summed E-state index contributed by atoms with van der Waals surface area (Å²) in [6, 6.07) is 3.35. The fourth-order valence-corrected chi connectivity index (χ4v) is 1.32. The van der Waals surface area contributed by atoms with Crippen molar-refractivity contribution in [1.82, 2.24) is 4.98 Å². The van der Waals surface area contributed by atoms with Crippen LogP contribution in [0, 0.1) is 0 Å². The molecular formula is C10H12FN3S. The van der Waals surface area contributed by atoms with Gasteiger partial charge in [0, 0.05) is 0 Å². The van der Waals surface area contributed by atoms with E-state index in [0.717, 1.165) is 24.0 Å². The Bertz CT molecular complexity index is 390. The molecule has 0 saturated carbocycles. The number of pyridine rings is 1. The topological polar surface area (TPSA) is 51.3 Å². The van der Waals surface area contributed by atoms with Gasteiger partial charge in [0.05, 0.1) is 29.1 Å². The molecule has 0 atom stereocenters. The molecule has 5 heteroatoms. The summed E-state index contributed by atoms with van der Waals surface area (Å²) in [5.74, 6) is 0.289. The first kappa shape index (κ1) is 11.7. The zero-order chi connectivity index (χ0) is 11.3. The Labute approximate surface area is 92.6 Å². The van der Waals surface area contributed by atoms with Crippen molar-refractivity contribution in [3.8, 4) is 0 Å². The van der Waals surface area contributed by atoms with Gasteiger partial charge in [0.25, 0.3) is 0 Å². The first-order chi connectivity index (χ1) is 7.22. The van der Waals surface area contributed by atoms with Crippen molar-refractivity contribution < 1.29 is 3.89 Å². The molecule has 0 radical (unpaired) electrons. The van der Waals surface area contributed by atoms with Crippen LogP contribution >= 0.6 is 12.1 Å². The quantitative estimate of drug-likeness (QED) is 0.632. The summed E-state index contributed by atoms with van der Waals surface area (Å²) in [5.41, 5.74) is 6.76. The summed E-state index contributed by atoms with van der Waals surface area (Å²) in [4.78, 5) is 8.31. The highest BCUT2D eigenvalue weighted by Crippen LogP contribution is 2.30. The Morgan fingerprint density at radius 3 is 3.00 bits per heavy atom. The Morgan fingerprint density at radius 1 is 1.73 bits per heavy atom. The minimum absolute atomic E-state index is 0.102. The molecule has 80 valence electrons. The number of nitrogens with two attached hydrogens (primary N) is 1. The zero-order valence-corrected chi connectivity index (χ0v) is 9.22. The van der Waals surface area contributed by atoms with Gasteiger partial charge in [0.15, 0.2) is 5.82 Å². The largest absolute Gasteiger partial charge is 0.390 e. The molecule has 0 bridgehead atoms. The maximum Gasteiger partial charge on any atom is 0.170 e. The van der Waals surface area contributed by atoms with Crippen molar-refractivity contribution in [2.75, 3.05) is 0 Å². The Balaban J connectivity index is 3.15. The standard InChI is InChI=1S/C10H12FN3S/c1-3-7(2)8-4-5-9(15-11)10(14-8)13-6-12/h4-6H,2-3H2,1H3,(H2,12,13,14). The third kappa shape index (κ3) is 2.79. The monoisotopic (exact) mass is 225 g/mol. The van der Waals surface area contributed by atoms with Crippen LogP contribution < -0.4 is 5.73 Å². The zero-order valence-electron chi connectivity index (χ0n) is 8.40. The lowest BCUT2D eigenvalue weighted by atomic mass is 10.1. The number of hydrogen-bond donors (Lipinski definition) is 1. The average molecular weight is 225 g/mol. The van der Waals surface area contributed by atoms with Crippen molar-refractivity contribution in [2.24, 2.45) is 10.7 Å². The molecule has 1 aromatic heterocycles. The van der Waals surface area contributed by atoms with Gasteiger partial charge in [-0.2, -0.15) is 3.89 Å². The summed E-state index contributed by atoms with van der Waals surface area (Å²) in [7, 11) is 0. The maximum atomic E-state index is 12.5. The molecule has 0 spiro atoms. The highest BCUT2D eigenvalue weighted by molar-refractivity contribution is 7.94. The number of halogens is 1. The van der Waals surface area contributed by atoms with E-state index in [1.54, 1.807) is 12.1 Å². The summed E-state index contributed by atoms with van der Waals surface area (Å²) in [5, 5.41) is 0. The van der Waals surface area contributed by atoms with E-state index in [0.29, 0.717) is 4.90 Å². The summed E-state index contributed by atoms with van der Waals surface area (Å²) in [6.07, 6.45) is 1.89. The number of rotatable bonds is 4. The highest BCUT2D eigenvalue weighted by Gasteiger charge is 2.06. The maximum absolute atomic E-state index is 12.5. The third-order valence-corrected chi connectivity index (χ3v) is 2.39. The molecule has 15 heavy (non-hydrogen) atoms. The average Bonchev–Trinajstić information content (AvgIpc) is 2.28. The van der Waals surface area contributed by atoms with Crippen LogP contribution in [0.4, 0.5) is 9.70 Å². The van der Waals surface area contributed by atoms with Gasteiger partial charge in [0.1, 0.15) is 0 Å². The minimum Gasteiger partial charge on any atom is -0.390 e. The lowest BCUT2D eigenvalue weighted by Gasteiger charge is -2.04. The second-order valence-corrected chi connectivity index (χ2v) is 3.42. The van der Waals surface area contributed by atoms with Crippen LogP contribution in [0.25, 0.3) is 5.57 Å². The molecule has 0 aromatic carbocycles. The van der Waals surface area contributed by atoms with Gasteiger partial charge < -0.3 is 5.73 Å². The third-order valence-electron chi connectivity index (χ3n) is 1.91. The van der Waals surface area contributed by atoms with E-state index in [2.05, 4.69) is 16.6 Å². The lowest BCUT2D eigenvalue weighted by molar-refractivity contribution is 0.931. The Hall–Kier alpha value is -1.36. The fourth-order valence-electron chi connectivity index (χ4n) is 1.04. The van der Waals surface area contributed by atoms with Crippen molar-refractivity contribution in [3.05, 3.63) is 24.4 Å². The van der Waals surface area contributed by atoms with Gasteiger partial charge in [-0.05, 0) is 24.1 Å². The van der Waals surface area contributed by atoms with Crippen LogP contribution in [0.3, 0.4) is 0 Å².